The van der Waals surface area contributed by atoms with Crippen LogP contribution in [0.5, 0.6) is 0 Å². The van der Waals surface area contributed by atoms with Gasteiger partial charge in [0.2, 0.25) is 0 Å². The summed E-state index contributed by atoms with van der Waals surface area (Å²) < 4.78 is 0. The van der Waals surface area contributed by atoms with Crippen LogP contribution in [0.15, 0.2) is 0 Å². The van der Waals surface area contributed by atoms with Gasteiger partial charge in [-0.2, -0.15) is 11.8 Å². The fourth-order valence-electron chi connectivity index (χ4n) is 2.79. The van der Waals surface area contributed by atoms with Crippen molar-refractivity contribution in [3.63, 3.8) is 0 Å². The largest absolute Gasteiger partial charge is 0.396 e. The second kappa shape index (κ2) is 12.5. The van der Waals surface area contributed by atoms with E-state index in [1.807, 2.05) is 0 Å². The van der Waals surface area contributed by atoms with Gasteiger partial charge in [0.1, 0.15) is 18.7 Å². The highest BCUT2D eigenvalue weighted by Gasteiger charge is 2.39. The van der Waals surface area contributed by atoms with E-state index in [0.29, 0.717) is 19.4 Å². The zero-order valence-corrected chi connectivity index (χ0v) is 15.0. The molecule has 2 unspecified atom stereocenters. The maximum absolute atomic E-state index is 10.3. The summed E-state index contributed by atoms with van der Waals surface area (Å²) in [6, 6.07) is 0. The molecule has 7 heteroatoms. The predicted octanol–water partition coefficient (Wildman–Crippen LogP) is 0.691. The van der Waals surface area contributed by atoms with Gasteiger partial charge in [0.25, 0.3) is 0 Å². The number of likely N-dealkylation sites (tertiary alicyclic amines) is 1. The summed E-state index contributed by atoms with van der Waals surface area (Å²) in [5, 5.41) is 42.1. The molecule has 1 heterocycles. The lowest BCUT2D eigenvalue weighted by Gasteiger charge is -2.26. The molecule has 0 aromatic carbocycles. The Labute approximate surface area is 144 Å². The molecular weight excluding hydrogens is 316 g/mol. The predicted molar refractivity (Wildman–Crippen MR) is 94.1 cm³/mol. The van der Waals surface area contributed by atoms with Crippen molar-refractivity contribution in [2.45, 2.75) is 75.8 Å². The maximum atomic E-state index is 10.3. The van der Waals surface area contributed by atoms with Crippen LogP contribution in [0.2, 0.25) is 0 Å². The normalized spacial score (nSPS) is 26.7. The van der Waals surface area contributed by atoms with Crippen molar-refractivity contribution >= 4 is 11.8 Å². The molecule has 23 heavy (non-hydrogen) atoms. The number of nitrogens with zero attached hydrogens (tertiary/aromatic N) is 1. The van der Waals surface area contributed by atoms with E-state index in [4.69, 9.17) is 5.11 Å². The SMILES string of the molecule is CCCSC1C[C@H](O)N(CCC(O)NCCCCCCO)[C@@H]1O. The quantitative estimate of drug-likeness (QED) is 0.246. The first-order valence-corrected chi connectivity index (χ1v) is 9.90. The number of unbranched alkanes of at least 4 members (excludes halogenated alkanes) is 3. The van der Waals surface area contributed by atoms with Crippen LogP contribution in [0.1, 0.15) is 51.9 Å². The third-order valence-electron chi connectivity index (χ3n) is 4.16. The molecule has 1 aliphatic rings. The number of rotatable bonds is 13. The van der Waals surface area contributed by atoms with Gasteiger partial charge in [-0.25, -0.2) is 0 Å². The lowest BCUT2D eigenvalue weighted by molar-refractivity contribution is -0.0587. The van der Waals surface area contributed by atoms with E-state index >= 15 is 0 Å². The van der Waals surface area contributed by atoms with Crippen LogP contribution in [0.25, 0.3) is 0 Å². The van der Waals surface area contributed by atoms with E-state index in [9.17, 15) is 15.3 Å². The Balaban J connectivity index is 2.15. The number of aliphatic hydroxyl groups excluding tert-OH is 4. The van der Waals surface area contributed by atoms with E-state index in [1.165, 1.54) is 0 Å². The van der Waals surface area contributed by atoms with Crippen LogP contribution in [-0.4, -0.2) is 74.7 Å². The van der Waals surface area contributed by atoms with Crippen LogP contribution in [0.3, 0.4) is 0 Å². The highest BCUT2D eigenvalue weighted by atomic mass is 32.2. The molecule has 4 atom stereocenters. The van der Waals surface area contributed by atoms with Gasteiger partial charge in [-0.15, -0.1) is 0 Å². The maximum Gasteiger partial charge on any atom is 0.121 e. The standard InChI is InChI=1S/C16H34N2O4S/c1-2-11-23-13-12-15(21)18(16(13)22)9-7-14(20)17-8-5-3-4-6-10-19/h13-17,19-22H,2-12H2,1H3/t13?,14?,15-,16+/m0/s1. The Bertz CT molecular complexity index is 299. The summed E-state index contributed by atoms with van der Waals surface area (Å²) in [5.74, 6) is 0.989. The molecule has 1 saturated heterocycles. The number of hydrogen-bond acceptors (Lipinski definition) is 7. The van der Waals surface area contributed by atoms with E-state index in [0.717, 1.165) is 44.4 Å². The number of aliphatic hydroxyl groups is 4. The summed E-state index contributed by atoms with van der Waals surface area (Å²) in [6.45, 7) is 3.57. The number of thioether (sulfide) groups is 1. The molecule has 138 valence electrons. The van der Waals surface area contributed by atoms with Crippen LogP contribution >= 0.6 is 11.8 Å². The third-order valence-corrected chi connectivity index (χ3v) is 5.67. The van der Waals surface area contributed by atoms with Crippen LogP contribution < -0.4 is 5.32 Å². The average molecular weight is 351 g/mol. The second-order valence-electron chi connectivity index (χ2n) is 6.17. The highest BCUT2D eigenvalue weighted by molar-refractivity contribution is 7.99. The minimum absolute atomic E-state index is 0.0570. The van der Waals surface area contributed by atoms with E-state index in [2.05, 4.69) is 12.2 Å². The molecule has 1 fully saturated rings. The molecule has 6 nitrogen and oxygen atoms in total. The first kappa shape index (κ1) is 21.2. The lowest BCUT2D eigenvalue weighted by Crippen LogP contribution is -2.41. The Morgan fingerprint density at radius 2 is 1.96 bits per heavy atom. The monoisotopic (exact) mass is 350 g/mol. The summed E-state index contributed by atoms with van der Waals surface area (Å²) in [5.41, 5.74) is 0. The third kappa shape index (κ3) is 8.16. The smallest absolute Gasteiger partial charge is 0.121 e. The molecule has 1 aliphatic heterocycles. The summed E-state index contributed by atoms with van der Waals surface area (Å²) >= 11 is 1.71. The van der Waals surface area contributed by atoms with Crippen molar-refractivity contribution < 1.29 is 20.4 Å². The van der Waals surface area contributed by atoms with Gasteiger partial charge in [-0.1, -0.05) is 19.8 Å². The average Bonchev–Trinajstić information content (AvgIpc) is 2.80. The molecule has 0 amide bonds. The van der Waals surface area contributed by atoms with Crippen LogP contribution in [0, 0.1) is 0 Å². The van der Waals surface area contributed by atoms with Gasteiger partial charge in [0, 0.05) is 24.8 Å². The van der Waals surface area contributed by atoms with Gasteiger partial charge < -0.3 is 20.4 Å². The van der Waals surface area contributed by atoms with Gasteiger partial charge in [0.05, 0.1) is 0 Å². The van der Waals surface area contributed by atoms with Gasteiger partial charge in [-0.3, -0.25) is 10.2 Å². The highest BCUT2D eigenvalue weighted by Crippen LogP contribution is 2.31. The molecular formula is C16H34N2O4S. The Hall–Kier alpha value is 0.110. The first-order chi connectivity index (χ1) is 11.1. The number of hydrogen-bond donors (Lipinski definition) is 5. The molecule has 0 aliphatic carbocycles. The zero-order valence-electron chi connectivity index (χ0n) is 14.2. The summed E-state index contributed by atoms with van der Waals surface area (Å²) in [7, 11) is 0. The molecule has 0 saturated carbocycles. The van der Waals surface area contributed by atoms with Crippen LogP contribution in [-0.2, 0) is 0 Å². The van der Waals surface area contributed by atoms with Crippen molar-refractivity contribution in [1.82, 2.24) is 10.2 Å². The van der Waals surface area contributed by atoms with Crippen molar-refractivity contribution in [2.75, 3.05) is 25.4 Å². The number of nitrogens with one attached hydrogen (secondary N) is 1. The Kier molecular flexibility index (Phi) is 11.5. The zero-order chi connectivity index (χ0) is 17.1. The Morgan fingerprint density at radius 3 is 2.65 bits per heavy atom. The summed E-state index contributed by atoms with van der Waals surface area (Å²) in [4.78, 5) is 1.68. The van der Waals surface area contributed by atoms with Crippen molar-refractivity contribution in [1.29, 1.82) is 0 Å². The van der Waals surface area contributed by atoms with Crippen LogP contribution in [0.4, 0.5) is 0 Å². The molecule has 0 aromatic rings. The van der Waals surface area contributed by atoms with Gasteiger partial charge in [0.15, 0.2) is 0 Å². The topological polar surface area (TPSA) is 96.2 Å². The fraction of sp³-hybridized carbons (Fsp3) is 1.00. The van der Waals surface area contributed by atoms with E-state index < -0.39 is 18.7 Å². The van der Waals surface area contributed by atoms with E-state index in [-0.39, 0.29) is 11.9 Å². The molecule has 0 spiro atoms. The van der Waals surface area contributed by atoms with E-state index in [1.54, 1.807) is 16.7 Å². The first-order valence-electron chi connectivity index (χ1n) is 8.86. The summed E-state index contributed by atoms with van der Waals surface area (Å²) in [6.07, 6.45) is 4.12. The van der Waals surface area contributed by atoms with Gasteiger partial charge in [-0.05, 0) is 38.0 Å². The minimum Gasteiger partial charge on any atom is -0.396 e. The lowest BCUT2D eigenvalue weighted by atomic mass is 10.2. The molecule has 0 aromatic heterocycles. The van der Waals surface area contributed by atoms with Gasteiger partial charge >= 0.3 is 0 Å². The van der Waals surface area contributed by atoms with Crippen molar-refractivity contribution in [3.05, 3.63) is 0 Å². The van der Waals surface area contributed by atoms with Crippen molar-refractivity contribution in [2.24, 2.45) is 0 Å². The van der Waals surface area contributed by atoms with Crippen molar-refractivity contribution in [3.8, 4) is 0 Å². The molecule has 1 rings (SSSR count). The second-order valence-corrected chi connectivity index (χ2v) is 7.52. The fourth-order valence-corrected chi connectivity index (χ4v) is 3.97. The Morgan fingerprint density at radius 1 is 1.22 bits per heavy atom. The minimum atomic E-state index is -0.632. The molecule has 0 radical (unpaired) electrons. The molecule has 5 N–H and O–H groups in total. The molecule has 0 bridgehead atoms.